The predicted octanol–water partition coefficient (Wildman–Crippen LogP) is 7.79. The summed E-state index contributed by atoms with van der Waals surface area (Å²) in [5, 5.41) is 0. The molecule has 1 saturated heterocycles. The van der Waals surface area contributed by atoms with Crippen molar-refractivity contribution in [1.29, 1.82) is 0 Å². The van der Waals surface area contributed by atoms with E-state index in [9.17, 15) is 4.79 Å². The van der Waals surface area contributed by atoms with Crippen molar-refractivity contribution < 1.29 is 14.3 Å². The van der Waals surface area contributed by atoms with Gasteiger partial charge in [-0.25, -0.2) is 4.85 Å². The highest BCUT2D eigenvalue weighted by atomic mass is 16.5. The highest BCUT2D eigenvalue weighted by molar-refractivity contribution is 5.99. The van der Waals surface area contributed by atoms with Crippen LogP contribution in [0.1, 0.15) is 34.3 Å². The number of rotatable bonds is 8. The van der Waals surface area contributed by atoms with Crippen molar-refractivity contribution in [1.82, 2.24) is 4.90 Å². The molecule has 1 aliphatic heterocycles. The van der Waals surface area contributed by atoms with Gasteiger partial charge in [-0.05, 0) is 79.4 Å². The number of carbonyl (C=O) groups excluding carboxylic acids is 1. The van der Waals surface area contributed by atoms with Crippen molar-refractivity contribution >= 4 is 11.5 Å². The van der Waals surface area contributed by atoms with Crippen LogP contribution in [0, 0.1) is 13.5 Å². The van der Waals surface area contributed by atoms with Crippen LogP contribution in [0.2, 0.25) is 0 Å². The third-order valence-electron chi connectivity index (χ3n) is 7.54. The number of methoxy groups -OCH3 is 1. The maximum Gasteiger partial charge on any atom is 0.228 e. The van der Waals surface area contributed by atoms with Gasteiger partial charge in [0, 0.05) is 30.6 Å². The van der Waals surface area contributed by atoms with Crippen LogP contribution in [-0.4, -0.2) is 44.0 Å². The molecular formula is C35H34N2O3. The fraction of sp³-hybridized carbons (Fsp3) is 0.257. The molecule has 0 radical (unpaired) electrons. The Morgan fingerprint density at radius 1 is 0.900 bits per heavy atom. The van der Waals surface area contributed by atoms with Crippen molar-refractivity contribution in [2.24, 2.45) is 0 Å². The molecule has 0 spiro atoms. The van der Waals surface area contributed by atoms with Crippen LogP contribution in [0.3, 0.4) is 0 Å². The number of aryl methyl sites for hydroxylation is 1. The van der Waals surface area contributed by atoms with Crippen molar-refractivity contribution in [3.63, 3.8) is 0 Å². The number of benzene rings is 4. The Bertz CT molecular complexity index is 1540. The minimum atomic E-state index is 0.0509. The number of hydrogen-bond acceptors (Lipinski definition) is 4. The van der Waals surface area contributed by atoms with E-state index in [1.807, 2.05) is 72.8 Å². The first kappa shape index (κ1) is 27.2. The Morgan fingerprint density at radius 2 is 1.62 bits per heavy atom. The largest absolute Gasteiger partial charge is 0.501 e. The second-order valence-corrected chi connectivity index (χ2v) is 10.5. The van der Waals surface area contributed by atoms with Gasteiger partial charge in [0.05, 0.1) is 19.8 Å². The lowest BCUT2D eigenvalue weighted by atomic mass is 9.96. The molecule has 0 unspecified atom stereocenters. The van der Waals surface area contributed by atoms with Gasteiger partial charge in [-0.3, -0.25) is 4.79 Å². The summed E-state index contributed by atoms with van der Waals surface area (Å²) in [6, 6.07) is 27.6. The van der Waals surface area contributed by atoms with Crippen molar-refractivity contribution in [3.05, 3.63) is 113 Å². The lowest BCUT2D eigenvalue weighted by Crippen LogP contribution is -2.35. The first-order valence-corrected chi connectivity index (χ1v) is 13.7. The highest BCUT2D eigenvalue weighted by Gasteiger charge is 2.19. The Morgan fingerprint density at radius 3 is 2.33 bits per heavy atom. The molecule has 0 N–H and O–H groups in total. The maximum absolute atomic E-state index is 13.2. The Kier molecular flexibility index (Phi) is 8.28. The van der Waals surface area contributed by atoms with Gasteiger partial charge in [-0.1, -0.05) is 60.2 Å². The van der Waals surface area contributed by atoms with E-state index >= 15 is 0 Å². The summed E-state index contributed by atoms with van der Waals surface area (Å²) in [5.41, 5.74) is 7.16. The van der Waals surface area contributed by atoms with Crippen LogP contribution in [-0.2, 0) is 6.42 Å². The molecule has 0 bridgehead atoms. The van der Waals surface area contributed by atoms with E-state index < -0.39 is 0 Å². The lowest BCUT2D eigenvalue weighted by Gasteiger charge is -2.29. The molecule has 0 aliphatic carbocycles. The van der Waals surface area contributed by atoms with Gasteiger partial charge in [0.1, 0.15) is 11.5 Å². The van der Waals surface area contributed by atoms with Crippen LogP contribution in [0.25, 0.3) is 27.1 Å². The Hall–Kier alpha value is -4.40. The molecule has 202 valence electrons. The summed E-state index contributed by atoms with van der Waals surface area (Å²) in [6.45, 7) is 11.8. The minimum absolute atomic E-state index is 0.0509. The lowest BCUT2D eigenvalue weighted by molar-refractivity contribution is 0.0993. The maximum atomic E-state index is 13.2. The fourth-order valence-electron chi connectivity index (χ4n) is 5.19. The Labute approximate surface area is 236 Å². The summed E-state index contributed by atoms with van der Waals surface area (Å²) < 4.78 is 11.8. The van der Waals surface area contributed by atoms with E-state index in [-0.39, 0.29) is 11.9 Å². The van der Waals surface area contributed by atoms with Crippen LogP contribution in [0.4, 0.5) is 5.69 Å². The second-order valence-electron chi connectivity index (χ2n) is 10.5. The van der Waals surface area contributed by atoms with Gasteiger partial charge in [0.15, 0.2) is 5.78 Å². The first-order chi connectivity index (χ1) is 19.4. The average molecular weight is 531 g/mol. The molecule has 0 amide bonds. The SMILES string of the molecule is [C-]#[N+]c1cc(-c2ccc(CC(=O)c3ccc(OC)c(-c4cccc(C)c4)c3)cc2)ccc1OC1CCN(C)CC1. The van der Waals surface area contributed by atoms with Crippen molar-refractivity contribution in [2.75, 3.05) is 27.2 Å². The standard InChI is InChI=1S/C35H34N2O3/c1-24-6-5-7-28(20-24)31-22-29(13-14-34(31)39-4)33(38)21-25-8-10-26(11-9-25)27-12-15-35(32(23-27)36-2)40-30-16-18-37(3)19-17-30/h5-15,20,22-23,30H,16-19,21H2,1,3-4H3. The zero-order valence-corrected chi connectivity index (χ0v) is 23.3. The number of ketones is 1. The molecule has 5 rings (SSSR count). The first-order valence-electron chi connectivity index (χ1n) is 13.7. The van der Waals surface area contributed by atoms with E-state index in [1.165, 1.54) is 0 Å². The van der Waals surface area contributed by atoms with Crippen LogP contribution < -0.4 is 9.47 Å². The molecule has 1 heterocycles. The van der Waals surface area contributed by atoms with Gasteiger partial charge in [-0.15, -0.1) is 0 Å². The van der Waals surface area contributed by atoms with Crippen LogP contribution >= 0.6 is 0 Å². The van der Waals surface area contributed by atoms with Gasteiger partial charge in [0.2, 0.25) is 5.69 Å². The zero-order chi connectivity index (χ0) is 28.1. The van der Waals surface area contributed by atoms with Gasteiger partial charge >= 0.3 is 0 Å². The van der Waals surface area contributed by atoms with Gasteiger partial charge in [0.25, 0.3) is 0 Å². The van der Waals surface area contributed by atoms with E-state index in [0.717, 1.165) is 65.1 Å². The summed E-state index contributed by atoms with van der Waals surface area (Å²) >= 11 is 0. The highest BCUT2D eigenvalue weighted by Crippen LogP contribution is 2.35. The van der Waals surface area contributed by atoms with E-state index in [2.05, 4.69) is 35.8 Å². The van der Waals surface area contributed by atoms with E-state index in [0.29, 0.717) is 23.4 Å². The molecule has 0 aromatic heterocycles. The number of carbonyl (C=O) groups is 1. The summed E-state index contributed by atoms with van der Waals surface area (Å²) in [7, 11) is 3.77. The van der Waals surface area contributed by atoms with Crippen molar-refractivity contribution in [2.45, 2.75) is 32.3 Å². The van der Waals surface area contributed by atoms with E-state index in [4.69, 9.17) is 16.0 Å². The molecule has 5 heteroatoms. The normalized spacial score (nSPS) is 13.9. The molecule has 1 fully saturated rings. The number of nitrogens with zero attached hydrogens (tertiary/aromatic N) is 2. The smallest absolute Gasteiger partial charge is 0.228 e. The predicted molar refractivity (Wildman–Crippen MR) is 160 cm³/mol. The number of Topliss-reactive ketones (excluding diaryl/α,β-unsaturated/α-hetero) is 1. The zero-order valence-electron chi connectivity index (χ0n) is 23.3. The van der Waals surface area contributed by atoms with Crippen LogP contribution in [0.5, 0.6) is 11.5 Å². The third kappa shape index (κ3) is 6.25. The Balaban J connectivity index is 1.29. The molecule has 5 nitrogen and oxygen atoms in total. The van der Waals surface area contributed by atoms with Gasteiger partial charge in [-0.2, -0.15) is 0 Å². The van der Waals surface area contributed by atoms with E-state index in [1.54, 1.807) is 7.11 Å². The topological polar surface area (TPSA) is 43.1 Å². The molecule has 4 aromatic rings. The fourth-order valence-corrected chi connectivity index (χ4v) is 5.19. The van der Waals surface area contributed by atoms with Crippen molar-refractivity contribution in [3.8, 4) is 33.8 Å². The van der Waals surface area contributed by atoms with Crippen LogP contribution in [0.15, 0.2) is 84.9 Å². The molecule has 4 aromatic carbocycles. The number of ether oxygens (including phenoxy) is 2. The quantitative estimate of drug-likeness (QED) is 0.172. The third-order valence-corrected chi connectivity index (χ3v) is 7.54. The molecule has 40 heavy (non-hydrogen) atoms. The summed E-state index contributed by atoms with van der Waals surface area (Å²) in [6.07, 6.45) is 2.40. The molecule has 1 aliphatic rings. The summed E-state index contributed by atoms with van der Waals surface area (Å²) in [4.78, 5) is 19.3. The molecule has 0 saturated carbocycles. The molecule has 0 atom stereocenters. The van der Waals surface area contributed by atoms with Gasteiger partial charge < -0.3 is 14.4 Å². The monoisotopic (exact) mass is 530 g/mol. The number of hydrogen-bond donors (Lipinski definition) is 0. The number of piperidine rings is 1. The number of likely N-dealkylation sites (tertiary alicyclic amines) is 1. The average Bonchev–Trinajstić information content (AvgIpc) is 2.98. The second kappa shape index (κ2) is 12.2. The molecular weight excluding hydrogens is 496 g/mol. The summed E-state index contributed by atoms with van der Waals surface area (Å²) in [5.74, 6) is 1.45. The minimum Gasteiger partial charge on any atom is -0.501 e.